The maximum atomic E-state index is 12.0. The lowest BCUT2D eigenvalue weighted by Crippen LogP contribution is -2.13. The highest BCUT2D eigenvalue weighted by Crippen LogP contribution is 2.27. The van der Waals surface area contributed by atoms with Gasteiger partial charge >= 0.3 is 6.09 Å². The molecule has 26 heavy (non-hydrogen) atoms. The van der Waals surface area contributed by atoms with Gasteiger partial charge in [-0.05, 0) is 18.2 Å². The zero-order valence-electron chi connectivity index (χ0n) is 14.3. The minimum Gasteiger partial charge on any atom is -0.496 e. The number of carbonyl (C=O) groups is 1. The minimum absolute atomic E-state index is 0.276. The van der Waals surface area contributed by atoms with Crippen molar-refractivity contribution in [2.45, 2.75) is 0 Å². The van der Waals surface area contributed by atoms with Gasteiger partial charge in [-0.25, -0.2) is 9.48 Å². The van der Waals surface area contributed by atoms with Crippen LogP contribution >= 0.6 is 0 Å². The first kappa shape index (κ1) is 17.2. The number of hydrogen-bond acceptors (Lipinski definition) is 5. The molecule has 0 saturated carbocycles. The second kappa shape index (κ2) is 7.98. The van der Waals surface area contributed by atoms with E-state index in [1.807, 2.05) is 30.3 Å². The van der Waals surface area contributed by atoms with E-state index < -0.39 is 6.09 Å². The lowest BCUT2D eigenvalue weighted by molar-refractivity contribution is 0.210. The molecule has 2 aromatic carbocycles. The molecule has 0 aliphatic heterocycles. The molecule has 0 unspecified atom stereocenters. The van der Waals surface area contributed by atoms with Gasteiger partial charge in [0, 0.05) is 24.4 Å². The summed E-state index contributed by atoms with van der Waals surface area (Å²) >= 11 is 0. The van der Waals surface area contributed by atoms with Crippen LogP contribution in [0.4, 0.5) is 4.79 Å². The van der Waals surface area contributed by atoms with E-state index in [1.165, 1.54) is 20.4 Å². The molecule has 0 aliphatic rings. The maximum Gasteiger partial charge on any atom is 0.439 e. The van der Waals surface area contributed by atoms with Crippen molar-refractivity contribution in [3.05, 3.63) is 72.3 Å². The van der Waals surface area contributed by atoms with Crippen LogP contribution in [0, 0.1) is 0 Å². The summed E-state index contributed by atoms with van der Waals surface area (Å²) in [6.45, 7) is 0. The molecule has 0 aliphatic carbocycles. The molecule has 1 heterocycles. The number of benzene rings is 2. The van der Waals surface area contributed by atoms with Crippen LogP contribution in [-0.4, -0.2) is 30.1 Å². The molecule has 3 rings (SSSR count). The third-order valence-electron chi connectivity index (χ3n) is 3.47. The number of amides is 1. The van der Waals surface area contributed by atoms with Gasteiger partial charge in [0.1, 0.15) is 17.2 Å². The number of nitrogens with zero attached hydrogens (tertiary/aromatic N) is 3. The summed E-state index contributed by atoms with van der Waals surface area (Å²) in [6.07, 6.45) is 2.44. The first-order valence-electron chi connectivity index (χ1n) is 7.78. The Balaban J connectivity index is 1.77. The number of hydrogen-bond donors (Lipinski definition) is 0. The fourth-order valence-electron chi connectivity index (χ4n) is 2.22. The van der Waals surface area contributed by atoms with E-state index in [4.69, 9.17) is 14.2 Å². The van der Waals surface area contributed by atoms with Gasteiger partial charge in [0.15, 0.2) is 0 Å². The molecule has 0 bridgehead atoms. The Bertz CT molecular complexity index is 925. The normalized spacial score (nSPS) is 11.1. The van der Waals surface area contributed by atoms with Crippen molar-refractivity contribution in [3.8, 4) is 22.9 Å². The Hall–Kier alpha value is -3.61. The molecule has 0 radical (unpaired) electrons. The Morgan fingerprint density at radius 2 is 1.62 bits per heavy atom. The molecular formula is C19H17N3O4. The van der Waals surface area contributed by atoms with Crippen molar-refractivity contribution < 1.29 is 19.0 Å². The lowest BCUT2D eigenvalue weighted by Gasteiger charge is -2.07. The molecule has 132 valence electrons. The molecule has 1 amide bonds. The zero-order valence-corrected chi connectivity index (χ0v) is 14.3. The van der Waals surface area contributed by atoms with Crippen LogP contribution in [-0.2, 0) is 0 Å². The molecule has 0 fully saturated rings. The van der Waals surface area contributed by atoms with Crippen LogP contribution in [0.15, 0.2) is 72.0 Å². The van der Waals surface area contributed by atoms with Crippen LogP contribution < -0.4 is 19.6 Å². The summed E-state index contributed by atoms with van der Waals surface area (Å²) in [5.41, 5.74) is 0.908. The summed E-state index contributed by atoms with van der Waals surface area (Å²) in [5.74, 6) is 1.30. The van der Waals surface area contributed by atoms with Gasteiger partial charge in [0.2, 0.25) is 0 Å². The number of aromatic nitrogens is 2. The first-order chi connectivity index (χ1) is 12.7. The van der Waals surface area contributed by atoms with Crippen LogP contribution in [0.3, 0.4) is 0 Å². The molecule has 1 aromatic heterocycles. The highest BCUT2D eigenvalue weighted by atomic mass is 16.6. The fourth-order valence-corrected chi connectivity index (χ4v) is 2.22. The molecule has 0 atom stereocenters. The van der Waals surface area contributed by atoms with Gasteiger partial charge in [-0.1, -0.05) is 18.2 Å². The number of carbonyl (C=O) groups excluding carboxylic acids is 1. The van der Waals surface area contributed by atoms with Crippen LogP contribution in [0.25, 0.3) is 5.69 Å². The average molecular weight is 351 g/mol. The van der Waals surface area contributed by atoms with Gasteiger partial charge in [-0.3, -0.25) is 0 Å². The standard InChI is InChI=1S/C19H17N3O4/c1-24-16-10-17(25-2)12-18(11-16)26-19(23)21-14-8-9-22(20-13-14)15-6-4-3-5-7-15/h3-13H,1-2H3/b21-14+. The van der Waals surface area contributed by atoms with E-state index in [9.17, 15) is 4.79 Å². The topological polar surface area (TPSA) is 74.9 Å². The van der Waals surface area contributed by atoms with E-state index >= 15 is 0 Å². The predicted molar refractivity (Wildman–Crippen MR) is 94.7 cm³/mol. The molecule has 3 aromatic rings. The Kier molecular flexibility index (Phi) is 5.28. The molecule has 7 heteroatoms. The van der Waals surface area contributed by atoms with Gasteiger partial charge in [-0.15, -0.1) is 0 Å². The molecular weight excluding hydrogens is 334 g/mol. The SMILES string of the molecule is COc1cc(OC)cc(OC(=O)/N=c2\ccn(-c3ccccc3)nc2)c1. The third kappa shape index (κ3) is 4.27. The van der Waals surface area contributed by atoms with Crippen molar-refractivity contribution >= 4 is 6.09 Å². The first-order valence-corrected chi connectivity index (χ1v) is 7.78. The van der Waals surface area contributed by atoms with Crippen LogP contribution in [0.5, 0.6) is 17.2 Å². The quantitative estimate of drug-likeness (QED) is 0.722. The molecule has 0 spiro atoms. The van der Waals surface area contributed by atoms with Crippen molar-refractivity contribution in [1.82, 2.24) is 9.78 Å². The third-order valence-corrected chi connectivity index (χ3v) is 3.47. The van der Waals surface area contributed by atoms with E-state index in [0.29, 0.717) is 16.9 Å². The number of ether oxygens (including phenoxy) is 3. The summed E-state index contributed by atoms with van der Waals surface area (Å²) in [4.78, 5) is 15.9. The zero-order chi connectivity index (χ0) is 18.4. The van der Waals surface area contributed by atoms with E-state index in [1.54, 1.807) is 35.1 Å². The summed E-state index contributed by atoms with van der Waals surface area (Å²) in [6, 6.07) is 16.1. The van der Waals surface area contributed by atoms with Gasteiger partial charge in [-0.2, -0.15) is 10.1 Å². The fraction of sp³-hybridized carbons (Fsp3) is 0.105. The van der Waals surface area contributed by atoms with Gasteiger partial charge in [0.05, 0.1) is 31.5 Å². The summed E-state index contributed by atoms with van der Waals surface area (Å²) in [7, 11) is 3.03. The van der Waals surface area contributed by atoms with Crippen molar-refractivity contribution in [1.29, 1.82) is 0 Å². The Labute approximate surface area is 150 Å². The molecule has 0 saturated heterocycles. The van der Waals surface area contributed by atoms with Gasteiger partial charge < -0.3 is 14.2 Å². The van der Waals surface area contributed by atoms with Crippen molar-refractivity contribution in [3.63, 3.8) is 0 Å². The average Bonchev–Trinajstić information content (AvgIpc) is 2.68. The van der Waals surface area contributed by atoms with E-state index in [2.05, 4.69) is 10.1 Å². The van der Waals surface area contributed by atoms with Crippen LogP contribution in [0.1, 0.15) is 0 Å². The minimum atomic E-state index is -0.764. The Morgan fingerprint density at radius 3 is 2.19 bits per heavy atom. The molecule has 0 N–H and O–H groups in total. The van der Waals surface area contributed by atoms with E-state index in [0.717, 1.165) is 5.69 Å². The second-order valence-electron chi connectivity index (χ2n) is 5.19. The Morgan fingerprint density at radius 1 is 0.962 bits per heavy atom. The highest BCUT2D eigenvalue weighted by Gasteiger charge is 2.07. The lowest BCUT2D eigenvalue weighted by atomic mass is 10.3. The predicted octanol–water partition coefficient (Wildman–Crippen LogP) is 2.99. The molecule has 7 nitrogen and oxygen atoms in total. The highest BCUT2D eigenvalue weighted by molar-refractivity contribution is 5.71. The maximum absolute atomic E-state index is 12.0. The van der Waals surface area contributed by atoms with Crippen molar-refractivity contribution in [2.75, 3.05) is 14.2 Å². The number of rotatable bonds is 4. The monoisotopic (exact) mass is 351 g/mol. The number of methoxy groups -OCH3 is 2. The smallest absolute Gasteiger partial charge is 0.439 e. The van der Waals surface area contributed by atoms with Crippen molar-refractivity contribution in [2.24, 2.45) is 4.99 Å². The summed E-state index contributed by atoms with van der Waals surface area (Å²) < 4.78 is 17.2. The van der Waals surface area contributed by atoms with E-state index in [-0.39, 0.29) is 5.75 Å². The summed E-state index contributed by atoms with van der Waals surface area (Å²) in [5, 5.41) is 4.63. The largest absolute Gasteiger partial charge is 0.496 e. The van der Waals surface area contributed by atoms with Gasteiger partial charge in [0.25, 0.3) is 0 Å². The number of para-hydroxylation sites is 1. The second-order valence-corrected chi connectivity index (χ2v) is 5.19. The van der Waals surface area contributed by atoms with Crippen LogP contribution in [0.2, 0.25) is 0 Å².